The highest BCUT2D eigenvalue weighted by Gasteiger charge is 2.20. The Bertz CT molecular complexity index is 486. The number of hydrogen-bond donors (Lipinski definition) is 1. The number of carbonyl (C=O) groups excluding carboxylic acids is 2. The van der Waals surface area contributed by atoms with Gasteiger partial charge in [-0.05, 0) is 43.7 Å². The molecule has 0 aromatic carbocycles. The molecule has 1 amide bonds. The fraction of sp³-hybridized carbons (Fsp3) is 0.600. The highest BCUT2D eigenvalue weighted by atomic mass is 32.1. The Hall–Kier alpha value is -1.36. The van der Waals surface area contributed by atoms with E-state index in [4.69, 9.17) is 4.74 Å². The highest BCUT2D eigenvalue weighted by molar-refractivity contribution is 7.14. The lowest BCUT2D eigenvalue weighted by atomic mass is 10.1. The van der Waals surface area contributed by atoms with Gasteiger partial charge in [-0.1, -0.05) is 13.8 Å². The van der Waals surface area contributed by atoms with E-state index in [-0.39, 0.29) is 18.6 Å². The first kappa shape index (κ1) is 15.0. The van der Waals surface area contributed by atoms with E-state index >= 15 is 0 Å². The first-order valence-electron chi connectivity index (χ1n) is 7.05. The monoisotopic (exact) mass is 295 g/mol. The number of carbonyl (C=O) groups is 2. The third-order valence-electron chi connectivity index (χ3n) is 3.67. The molecule has 0 bridgehead atoms. The molecule has 1 aromatic rings. The van der Waals surface area contributed by atoms with E-state index < -0.39 is 5.97 Å². The Morgan fingerprint density at radius 3 is 2.75 bits per heavy atom. The fourth-order valence-electron chi connectivity index (χ4n) is 2.09. The minimum absolute atomic E-state index is 0.0757. The molecule has 1 heterocycles. The van der Waals surface area contributed by atoms with Gasteiger partial charge in [0.15, 0.2) is 6.61 Å². The maximum atomic E-state index is 11.9. The van der Waals surface area contributed by atoms with Crippen LogP contribution in [0.5, 0.6) is 0 Å². The number of nitrogens with one attached hydrogen (secondary N) is 1. The van der Waals surface area contributed by atoms with E-state index in [0.717, 1.165) is 12.8 Å². The molecule has 4 nitrogen and oxygen atoms in total. The van der Waals surface area contributed by atoms with Crippen molar-refractivity contribution in [2.45, 2.75) is 46.1 Å². The highest BCUT2D eigenvalue weighted by Crippen LogP contribution is 2.30. The molecule has 0 saturated heterocycles. The number of rotatable bonds is 5. The van der Waals surface area contributed by atoms with Gasteiger partial charge >= 0.3 is 5.97 Å². The third kappa shape index (κ3) is 3.60. The third-order valence-corrected chi connectivity index (χ3v) is 4.89. The predicted octanol–water partition coefficient (Wildman–Crippen LogP) is 2.55. The van der Waals surface area contributed by atoms with Crippen LogP contribution in [0, 0.1) is 5.92 Å². The van der Waals surface area contributed by atoms with Crippen molar-refractivity contribution in [3.8, 4) is 0 Å². The Labute approximate surface area is 123 Å². The van der Waals surface area contributed by atoms with Crippen molar-refractivity contribution in [3.05, 3.63) is 21.4 Å². The zero-order chi connectivity index (χ0) is 14.7. The van der Waals surface area contributed by atoms with Crippen LogP contribution in [0.2, 0.25) is 0 Å². The molecule has 1 N–H and O–H groups in total. The van der Waals surface area contributed by atoms with Gasteiger partial charge in [-0.3, -0.25) is 4.79 Å². The van der Waals surface area contributed by atoms with Gasteiger partial charge in [-0.25, -0.2) is 4.79 Å². The van der Waals surface area contributed by atoms with Crippen LogP contribution in [-0.4, -0.2) is 24.5 Å². The Kier molecular flexibility index (Phi) is 4.81. The second-order valence-corrected chi connectivity index (χ2v) is 6.73. The average molecular weight is 295 g/mol. The summed E-state index contributed by atoms with van der Waals surface area (Å²) in [5.41, 5.74) is 1.26. The van der Waals surface area contributed by atoms with Crippen LogP contribution in [0.15, 0.2) is 6.07 Å². The van der Waals surface area contributed by atoms with Gasteiger partial charge in [0.25, 0.3) is 5.91 Å². The molecule has 1 atom stereocenters. The number of esters is 1. The lowest BCUT2D eigenvalue weighted by Crippen LogP contribution is -2.38. The van der Waals surface area contributed by atoms with Gasteiger partial charge in [-0.15, -0.1) is 11.3 Å². The number of hydrogen-bond acceptors (Lipinski definition) is 4. The van der Waals surface area contributed by atoms with Crippen LogP contribution >= 0.6 is 11.3 Å². The van der Waals surface area contributed by atoms with Crippen LogP contribution in [0.25, 0.3) is 0 Å². The molecule has 1 unspecified atom stereocenters. The van der Waals surface area contributed by atoms with Gasteiger partial charge in [0.2, 0.25) is 0 Å². The van der Waals surface area contributed by atoms with Gasteiger partial charge in [0, 0.05) is 10.9 Å². The number of amides is 1. The van der Waals surface area contributed by atoms with Gasteiger partial charge in [0.1, 0.15) is 4.88 Å². The average Bonchev–Trinajstić information content (AvgIpc) is 2.96. The minimum atomic E-state index is -0.392. The van der Waals surface area contributed by atoms with Crippen LogP contribution in [0.3, 0.4) is 0 Å². The maximum Gasteiger partial charge on any atom is 0.348 e. The first-order chi connectivity index (χ1) is 9.47. The Balaban J connectivity index is 1.81. The summed E-state index contributed by atoms with van der Waals surface area (Å²) in [5.74, 6) is -0.282. The minimum Gasteiger partial charge on any atom is -0.451 e. The van der Waals surface area contributed by atoms with E-state index in [9.17, 15) is 9.59 Å². The molecule has 1 aliphatic rings. The van der Waals surface area contributed by atoms with Crippen molar-refractivity contribution < 1.29 is 14.3 Å². The summed E-state index contributed by atoms with van der Waals surface area (Å²) in [7, 11) is 0. The van der Waals surface area contributed by atoms with E-state index in [1.165, 1.54) is 28.2 Å². The van der Waals surface area contributed by atoms with Crippen LogP contribution in [0.1, 0.15) is 47.3 Å². The van der Waals surface area contributed by atoms with Crippen molar-refractivity contribution in [2.24, 2.45) is 5.92 Å². The van der Waals surface area contributed by atoms with Crippen LogP contribution in [-0.2, 0) is 22.4 Å². The lowest BCUT2D eigenvalue weighted by molar-refractivity contribution is -0.125. The maximum absolute atomic E-state index is 11.9. The van der Waals surface area contributed by atoms with Gasteiger partial charge < -0.3 is 10.1 Å². The first-order valence-corrected chi connectivity index (χ1v) is 7.87. The van der Waals surface area contributed by atoms with Crippen molar-refractivity contribution in [1.29, 1.82) is 0 Å². The molecule has 5 heteroatoms. The Morgan fingerprint density at radius 1 is 1.35 bits per heavy atom. The number of ether oxygens (including phenoxy) is 1. The standard InChI is InChI=1S/C15H21NO3S/c1-9(2)10(3)16-14(17)8-19-15(18)13-7-11-5-4-6-12(11)20-13/h7,9-10H,4-6,8H2,1-3H3,(H,16,17). The lowest BCUT2D eigenvalue weighted by Gasteiger charge is -2.17. The summed E-state index contributed by atoms with van der Waals surface area (Å²) in [4.78, 5) is 25.4. The molecule has 1 aromatic heterocycles. The van der Waals surface area contributed by atoms with E-state index in [0.29, 0.717) is 10.8 Å². The van der Waals surface area contributed by atoms with E-state index in [2.05, 4.69) is 5.32 Å². The summed E-state index contributed by atoms with van der Waals surface area (Å²) in [5, 5.41) is 2.81. The molecule has 2 rings (SSSR count). The zero-order valence-corrected chi connectivity index (χ0v) is 13.0. The molecule has 0 saturated carbocycles. The van der Waals surface area contributed by atoms with Gasteiger partial charge in [-0.2, -0.15) is 0 Å². The molecule has 0 radical (unpaired) electrons. The molecule has 20 heavy (non-hydrogen) atoms. The normalized spacial score (nSPS) is 15.0. The fourth-order valence-corrected chi connectivity index (χ4v) is 3.24. The van der Waals surface area contributed by atoms with Crippen molar-refractivity contribution in [1.82, 2.24) is 5.32 Å². The topological polar surface area (TPSA) is 55.4 Å². The molecule has 0 fully saturated rings. The predicted molar refractivity (Wildman–Crippen MR) is 79.1 cm³/mol. The molecular weight excluding hydrogens is 274 g/mol. The van der Waals surface area contributed by atoms with Crippen molar-refractivity contribution >= 4 is 23.2 Å². The summed E-state index contributed by atoms with van der Waals surface area (Å²) < 4.78 is 5.07. The van der Waals surface area contributed by atoms with Crippen molar-refractivity contribution in [2.75, 3.05) is 6.61 Å². The van der Waals surface area contributed by atoms with E-state index in [1.807, 2.05) is 26.8 Å². The smallest absolute Gasteiger partial charge is 0.348 e. The number of aryl methyl sites for hydroxylation is 2. The molecule has 110 valence electrons. The van der Waals surface area contributed by atoms with Gasteiger partial charge in [0.05, 0.1) is 0 Å². The molecule has 1 aliphatic carbocycles. The van der Waals surface area contributed by atoms with E-state index in [1.54, 1.807) is 0 Å². The zero-order valence-electron chi connectivity index (χ0n) is 12.2. The van der Waals surface area contributed by atoms with Crippen LogP contribution in [0.4, 0.5) is 0 Å². The molecule has 0 spiro atoms. The number of fused-ring (bicyclic) bond motifs is 1. The second kappa shape index (κ2) is 6.39. The quantitative estimate of drug-likeness (QED) is 0.849. The summed E-state index contributed by atoms with van der Waals surface area (Å²) >= 11 is 1.49. The summed E-state index contributed by atoms with van der Waals surface area (Å²) in [6.07, 6.45) is 3.27. The SMILES string of the molecule is CC(C)C(C)NC(=O)COC(=O)c1cc2c(s1)CCC2. The molecule has 0 aliphatic heterocycles. The second-order valence-electron chi connectivity index (χ2n) is 5.59. The Morgan fingerprint density at radius 2 is 2.10 bits per heavy atom. The van der Waals surface area contributed by atoms with Crippen molar-refractivity contribution in [3.63, 3.8) is 0 Å². The summed E-state index contributed by atoms with van der Waals surface area (Å²) in [6, 6.07) is 1.98. The van der Waals surface area contributed by atoms with Crippen LogP contribution < -0.4 is 5.32 Å². The summed E-state index contributed by atoms with van der Waals surface area (Å²) in [6.45, 7) is 5.79. The largest absolute Gasteiger partial charge is 0.451 e. The number of thiophene rings is 1. The molecular formula is C15H21NO3S.